The number of hydrogen-bond donors (Lipinski definition) is 2. The summed E-state index contributed by atoms with van der Waals surface area (Å²) in [7, 11) is 0. The molecule has 0 spiro atoms. The lowest BCUT2D eigenvalue weighted by Crippen LogP contribution is -2.19. The number of unbranched alkanes of at least 4 members (excludes halogenated alkanes) is 10. The van der Waals surface area contributed by atoms with Crippen LogP contribution in [0.5, 0.6) is 11.5 Å². The predicted octanol–water partition coefficient (Wildman–Crippen LogP) is 7.77. The van der Waals surface area contributed by atoms with Gasteiger partial charge in [-0.05, 0) is 24.5 Å². The molecule has 0 aliphatic carbocycles. The number of aromatic hydroxyl groups is 2. The maximum absolute atomic E-state index is 13.1. The van der Waals surface area contributed by atoms with Crippen molar-refractivity contribution in [2.45, 2.75) is 96.8 Å². The Labute approximate surface area is 194 Å². The molecule has 3 heteroatoms. The molecule has 0 fully saturated rings. The average Bonchev–Trinajstić information content (AvgIpc) is 2.79. The molecule has 0 amide bonds. The van der Waals surface area contributed by atoms with E-state index in [1.54, 1.807) is 6.07 Å². The molecule has 2 N–H and O–H groups in total. The molecule has 3 nitrogen and oxygen atoms in total. The van der Waals surface area contributed by atoms with Crippen LogP contribution in [0.4, 0.5) is 0 Å². The summed E-state index contributed by atoms with van der Waals surface area (Å²) >= 11 is 0. The van der Waals surface area contributed by atoms with Crippen molar-refractivity contribution in [1.29, 1.82) is 0 Å². The van der Waals surface area contributed by atoms with Crippen molar-refractivity contribution in [2.24, 2.45) is 5.92 Å². The Kier molecular flexibility index (Phi) is 12.6. The zero-order valence-electron chi connectivity index (χ0n) is 19.9. The Morgan fingerprint density at radius 3 is 1.97 bits per heavy atom. The molecule has 0 heterocycles. The number of rotatable bonds is 17. The van der Waals surface area contributed by atoms with Crippen LogP contribution >= 0.6 is 0 Å². The predicted molar refractivity (Wildman–Crippen MR) is 133 cm³/mol. The fourth-order valence-corrected chi connectivity index (χ4v) is 4.36. The van der Waals surface area contributed by atoms with Crippen LogP contribution in [-0.2, 0) is 17.6 Å². The summed E-state index contributed by atoms with van der Waals surface area (Å²) < 4.78 is 0. The Balaban J connectivity index is 1.76. The highest BCUT2D eigenvalue weighted by molar-refractivity contribution is 5.84. The van der Waals surface area contributed by atoms with Gasteiger partial charge in [0.2, 0.25) is 0 Å². The summed E-state index contributed by atoms with van der Waals surface area (Å²) in [5.41, 5.74) is 1.77. The first-order chi connectivity index (χ1) is 15.6. The number of ketones is 1. The molecule has 2 rings (SSSR count). The third-order valence-corrected chi connectivity index (χ3v) is 6.37. The van der Waals surface area contributed by atoms with Gasteiger partial charge in [0, 0.05) is 24.0 Å². The van der Waals surface area contributed by atoms with Crippen LogP contribution < -0.4 is 0 Å². The minimum Gasteiger partial charge on any atom is -0.508 e. The molecule has 2 aromatic rings. The van der Waals surface area contributed by atoms with Crippen LogP contribution in [0.25, 0.3) is 0 Å². The van der Waals surface area contributed by atoms with E-state index in [-0.39, 0.29) is 29.6 Å². The fraction of sp³-hybridized carbons (Fsp3) is 0.552. The van der Waals surface area contributed by atoms with Crippen molar-refractivity contribution < 1.29 is 15.0 Å². The molecule has 32 heavy (non-hydrogen) atoms. The van der Waals surface area contributed by atoms with Crippen molar-refractivity contribution >= 4 is 5.78 Å². The van der Waals surface area contributed by atoms with Crippen LogP contribution in [-0.4, -0.2) is 16.0 Å². The first-order valence-electron chi connectivity index (χ1n) is 12.7. The largest absolute Gasteiger partial charge is 0.508 e. The molecule has 0 aliphatic rings. The number of Topliss-reactive ketones (excluding diaryl/α,β-unsaturated/α-hetero) is 1. The van der Waals surface area contributed by atoms with Crippen molar-refractivity contribution in [3.8, 4) is 11.5 Å². The summed E-state index contributed by atoms with van der Waals surface area (Å²) in [5, 5.41) is 19.6. The molecule has 0 aromatic heterocycles. The van der Waals surface area contributed by atoms with Gasteiger partial charge >= 0.3 is 0 Å². The number of carbonyl (C=O) groups is 1. The van der Waals surface area contributed by atoms with E-state index in [1.165, 1.54) is 81.9 Å². The van der Waals surface area contributed by atoms with Gasteiger partial charge in [-0.2, -0.15) is 0 Å². The van der Waals surface area contributed by atoms with E-state index in [1.807, 2.05) is 18.2 Å². The van der Waals surface area contributed by atoms with Crippen LogP contribution in [0.3, 0.4) is 0 Å². The van der Waals surface area contributed by atoms with Gasteiger partial charge in [-0.3, -0.25) is 4.79 Å². The molecule has 0 saturated carbocycles. The Hall–Kier alpha value is -2.29. The zero-order chi connectivity index (χ0) is 23.0. The summed E-state index contributed by atoms with van der Waals surface area (Å²) in [4.78, 5) is 13.1. The molecule has 0 radical (unpaired) electrons. The minimum absolute atomic E-state index is 0.00787. The van der Waals surface area contributed by atoms with Gasteiger partial charge in [-0.25, -0.2) is 0 Å². The van der Waals surface area contributed by atoms with E-state index >= 15 is 0 Å². The highest BCUT2D eigenvalue weighted by Gasteiger charge is 2.20. The van der Waals surface area contributed by atoms with Gasteiger partial charge in [0.1, 0.15) is 17.3 Å². The van der Waals surface area contributed by atoms with Crippen molar-refractivity contribution in [3.63, 3.8) is 0 Å². The monoisotopic (exact) mass is 438 g/mol. The second-order valence-corrected chi connectivity index (χ2v) is 9.17. The first-order valence-corrected chi connectivity index (χ1v) is 12.7. The lowest BCUT2D eigenvalue weighted by atomic mass is 9.87. The maximum atomic E-state index is 13.1. The lowest BCUT2D eigenvalue weighted by Gasteiger charge is -2.17. The third-order valence-electron chi connectivity index (χ3n) is 6.37. The van der Waals surface area contributed by atoms with Crippen LogP contribution in [0.1, 0.15) is 95.1 Å². The van der Waals surface area contributed by atoms with Gasteiger partial charge in [0.25, 0.3) is 0 Å². The smallest absolute Gasteiger partial charge is 0.140 e. The minimum atomic E-state index is -0.0378. The molecule has 1 atom stereocenters. The van der Waals surface area contributed by atoms with E-state index in [9.17, 15) is 15.0 Å². The number of phenolic OH excluding ortho intramolecular Hbond substituents is 2. The van der Waals surface area contributed by atoms with Gasteiger partial charge in [-0.1, -0.05) is 114 Å². The Bertz CT molecular complexity index is 769. The molecular weight excluding hydrogens is 396 g/mol. The molecule has 1 unspecified atom stereocenters. The standard InChI is InChI=1S/C29H42O3/c1-2-3-4-5-6-7-8-9-10-11-15-18-25(21-24-16-13-12-14-17-24)28(31)22-26-19-20-27(30)23-29(26)32/h12-14,16-17,19-20,23,25,30,32H,2-11,15,18,21-22H2,1H3. The second-order valence-electron chi connectivity index (χ2n) is 9.17. The van der Waals surface area contributed by atoms with Crippen LogP contribution in [0, 0.1) is 5.92 Å². The van der Waals surface area contributed by atoms with Gasteiger partial charge in [-0.15, -0.1) is 0 Å². The quantitative estimate of drug-likeness (QED) is 0.248. The Morgan fingerprint density at radius 2 is 1.38 bits per heavy atom. The van der Waals surface area contributed by atoms with Gasteiger partial charge in [0.15, 0.2) is 0 Å². The van der Waals surface area contributed by atoms with Crippen molar-refractivity contribution in [2.75, 3.05) is 0 Å². The number of carbonyl (C=O) groups excluding carboxylic acids is 1. The summed E-state index contributed by atoms with van der Waals surface area (Å²) in [6.45, 7) is 2.26. The molecule has 0 aliphatic heterocycles. The van der Waals surface area contributed by atoms with Crippen molar-refractivity contribution in [1.82, 2.24) is 0 Å². The number of phenols is 2. The lowest BCUT2D eigenvalue weighted by molar-refractivity contribution is -0.122. The second kappa shape index (κ2) is 15.5. The van der Waals surface area contributed by atoms with Gasteiger partial charge in [0.05, 0.1) is 0 Å². The normalized spacial score (nSPS) is 12.0. The summed E-state index contributed by atoms with van der Waals surface area (Å²) in [6, 6.07) is 14.7. The Morgan fingerprint density at radius 1 is 0.781 bits per heavy atom. The summed E-state index contributed by atoms with van der Waals surface area (Å²) in [5.74, 6) is 0.137. The molecule has 0 bridgehead atoms. The van der Waals surface area contributed by atoms with Crippen LogP contribution in [0.15, 0.2) is 48.5 Å². The van der Waals surface area contributed by atoms with E-state index in [4.69, 9.17) is 0 Å². The highest BCUT2D eigenvalue weighted by Crippen LogP contribution is 2.26. The van der Waals surface area contributed by atoms with E-state index in [0.29, 0.717) is 5.56 Å². The molecule has 176 valence electrons. The van der Waals surface area contributed by atoms with E-state index in [2.05, 4.69) is 19.1 Å². The zero-order valence-corrected chi connectivity index (χ0v) is 19.9. The average molecular weight is 439 g/mol. The van der Waals surface area contributed by atoms with Crippen LogP contribution in [0.2, 0.25) is 0 Å². The number of hydrogen-bond acceptors (Lipinski definition) is 3. The third kappa shape index (κ3) is 10.3. The number of benzene rings is 2. The summed E-state index contributed by atoms with van der Waals surface area (Å²) in [6.07, 6.45) is 16.2. The topological polar surface area (TPSA) is 57.5 Å². The molecule has 0 saturated heterocycles. The van der Waals surface area contributed by atoms with Gasteiger partial charge < -0.3 is 10.2 Å². The SMILES string of the molecule is CCCCCCCCCCCCCC(Cc1ccccc1)C(=O)Cc1ccc(O)cc1O. The first kappa shape index (κ1) is 26.0. The van der Waals surface area contributed by atoms with E-state index in [0.717, 1.165) is 19.3 Å². The highest BCUT2D eigenvalue weighted by atomic mass is 16.3. The molecular formula is C29H42O3. The fourth-order valence-electron chi connectivity index (χ4n) is 4.36. The maximum Gasteiger partial charge on any atom is 0.140 e. The van der Waals surface area contributed by atoms with Crippen molar-refractivity contribution in [3.05, 3.63) is 59.7 Å². The molecule has 2 aromatic carbocycles. The van der Waals surface area contributed by atoms with E-state index < -0.39 is 0 Å².